The third-order valence-electron chi connectivity index (χ3n) is 4.70. The van der Waals surface area contributed by atoms with Crippen LogP contribution in [-0.4, -0.2) is 32.8 Å². The molecule has 1 fully saturated rings. The molecule has 1 aromatic heterocycles. The van der Waals surface area contributed by atoms with Gasteiger partial charge < -0.3 is 10.4 Å². The van der Waals surface area contributed by atoms with Crippen molar-refractivity contribution in [2.24, 2.45) is 5.92 Å². The largest absolute Gasteiger partial charge is 0.481 e. The highest BCUT2D eigenvalue weighted by molar-refractivity contribution is 5.80. The van der Waals surface area contributed by atoms with Crippen LogP contribution >= 0.6 is 0 Å². The molecule has 0 saturated heterocycles. The van der Waals surface area contributed by atoms with Gasteiger partial charge in [0.05, 0.1) is 24.2 Å². The first kappa shape index (κ1) is 17.2. The van der Waals surface area contributed by atoms with Crippen molar-refractivity contribution in [3.05, 3.63) is 48.3 Å². The van der Waals surface area contributed by atoms with Crippen LogP contribution in [0.5, 0.6) is 0 Å². The van der Waals surface area contributed by atoms with Crippen LogP contribution in [0.15, 0.2) is 42.7 Å². The predicted octanol–water partition coefficient (Wildman–Crippen LogP) is 2.56. The number of hydrogen-bond donors (Lipinski definition) is 2. The summed E-state index contributed by atoms with van der Waals surface area (Å²) in [5, 5.41) is 16.6. The SMILES string of the molecule is O=C(Cc1cnn(-c2ccccc2)c1)N[C@H]1CCCCC[C@H]1C(=O)O. The minimum atomic E-state index is -0.816. The van der Waals surface area contributed by atoms with E-state index in [1.54, 1.807) is 10.9 Å². The summed E-state index contributed by atoms with van der Waals surface area (Å²) >= 11 is 0. The van der Waals surface area contributed by atoms with Gasteiger partial charge in [0.25, 0.3) is 0 Å². The van der Waals surface area contributed by atoms with Gasteiger partial charge in [-0.3, -0.25) is 9.59 Å². The van der Waals surface area contributed by atoms with E-state index in [4.69, 9.17) is 0 Å². The van der Waals surface area contributed by atoms with Crippen LogP contribution in [0.4, 0.5) is 0 Å². The monoisotopic (exact) mass is 341 g/mol. The summed E-state index contributed by atoms with van der Waals surface area (Å²) in [6, 6.07) is 9.41. The fourth-order valence-electron chi connectivity index (χ4n) is 3.39. The van der Waals surface area contributed by atoms with Crippen LogP contribution in [-0.2, 0) is 16.0 Å². The quantitative estimate of drug-likeness (QED) is 0.819. The van der Waals surface area contributed by atoms with Crippen molar-refractivity contribution in [1.29, 1.82) is 0 Å². The van der Waals surface area contributed by atoms with Crippen LogP contribution < -0.4 is 5.32 Å². The number of nitrogens with one attached hydrogen (secondary N) is 1. The number of carboxylic acid groups (broad SMARTS) is 1. The summed E-state index contributed by atoms with van der Waals surface area (Å²) in [7, 11) is 0. The Morgan fingerprint density at radius 2 is 1.92 bits per heavy atom. The van der Waals surface area contributed by atoms with Gasteiger partial charge >= 0.3 is 5.97 Å². The minimum absolute atomic E-state index is 0.147. The fourth-order valence-corrected chi connectivity index (χ4v) is 3.39. The molecule has 2 aromatic rings. The molecule has 1 heterocycles. The number of hydrogen-bond acceptors (Lipinski definition) is 3. The zero-order valence-corrected chi connectivity index (χ0v) is 14.1. The van der Waals surface area contributed by atoms with Crippen LogP contribution in [0.2, 0.25) is 0 Å². The van der Waals surface area contributed by atoms with E-state index >= 15 is 0 Å². The van der Waals surface area contributed by atoms with E-state index in [2.05, 4.69) is 10.4 Å². The van der Waals surface area contributed by atoms with Crippen LogP contribution in [0.3, 0.4) is 0 Å². The maximum Gasteiger partial charge on any atom is 0.308 e. The topological polar surface area (TPSA) is 84.2 Å². The molecular weight excluding hydrogens is 318 g/mol. The average Bonchev–Trinajstić information content (AvgIpc) is 2.93. The van der Waals surface area contributed by atoms with Gasteiger partial charge in [-0.15, -0.1) is 0 Å². The average molecular weight is 341 g/mol. The van der Waals surface area contributed by atoms with Gasteiger partial charge in [-0.25, -0.2) is 4.68 Å². The number of nitrogens with zero attached hydrogens (tertiary/aromatic N) is 2. The first-order valence-corrected chi connectivity index (χ1v) is 8.74. The molecule has 0 aliphatic heterocycles. The van der Waals surface area contributed by atoms with E-state index in [-0.39, 0.29) is 18.4 Å². The lowest BCUT2D eigenvalue weighted by atomic mass is 9.94. The van der Waals surface area contributed by atoms with Crippen LogP contribution in [0.1, 0.15) is 37.7 Å². The highest BCUT2D eigenvalue weighted by atomic mass is 16.4. The Bertz CT molecular complexity index is 727. The number of carbonyl (C=O) groups excluding carboxylic acids is 1. The predicted molar refractivity (Wildman–Crippen MR) is 93.4 cm³/mol. The molecule has 1 aliphatic carbocycles. The molecule has 1 aromatic carbocycles. The lowest BCUT2D eigenvalue weighted by Crippen LogP contribution is -2.43. The molecule has 1 saturated carbocycles. The van der Waals surface area contributed by atoms with Crippen molar-refractivity contribution >= 4 is 11.9 Å². The van der Waals surface area contributed by atoms with Gasteiger partial charge in [0, 0.05) is 12.2 Å². The molecule has 0 radical (unpaired) electrons. The molecule has 0 spiro atoms. The Balaban J connectivity index is 1.62. The van der Waals surface area contributed by atoms with Crippen molar-refractivity contribution < 1.29 is 14.7 Å². The molecule has 6 nitrogen and oxygen atoms in total. The molecule has 6 heteroatoms. The van der Waals surface area contributed by atoms with Gasteiger partial charge in [0.1, 0.15) is 0 Å². The second kappa shape index (κ2) is 7.96. The summed E-state index contributed by atoms with van der Waals surface area (Å²) < 4.78 is 1.73. The summed E-state index contributed by atoms with van der Waals surface area (Å²) in [6.45, 7) is 0. The number of carbonyl (C=O) groups is 2. The standard InChI is InChI=1S/C19H23N3O3/c23-18(21-17-10-6-2-5-9-16(17)19(24)25)11-14-12-20-22(13-14)15-7-3-1-4-8-15/h1,3-4,7-8,12-13,16-17H,2,5-6,9-11H2,(H,21,23)(H,24,25)/t16-,17+/m1/s1. The van der Waals surface area contributed by atoms with E-state index in [1.807, 2.05) is 36.5 Å². The second-order valence-electron chi connectivity index (χ2n) is 6.56. The molecule has 0 unspecified atom stereocenters. The zero-order chi connectivity index (χ0) is 17.6. The Morgan fingerprint density at radius 3 is 2.68 bits per heavy atom. The normalized spacial score (nSPS) is 20.6. The molecule has 25 heavy (non-hydrogen) atoms. The molecule has 1 aliphatic rings. The summed E-state index contributed by atoms with van der Waals surface area (Å²) in [4.78, 5) is 23.8. The van der Waals surface area contributed by atoms with Gasteiger partial charge in [0.2, 0.25) is 5.91 Å². The molecule has 0 bridgehead atoms. The smallest absolute Gasteiger partial charge is 0.308 e. The number of amides is 1. The van der Waals surface area contributed by atoms with E-state index in [0.29, 0.717) is 6.42 Å². The molecule has 3 rings (SSSR count). The van der Waals surface area contributed by atoms with E-state index in [0.717, 1.165) is 36.9 Å². The van der Waals surface area contributed by atoms with Crippen molar-refractivity contribution in [3.8, 4) is 5.69 Å². The van der Waals surface area contributed by atoms with Gasteiger partial charge in [-0.05, 0) is 30.5 Å². The van der Waals surface area contributed by atoms with Crippen molar-refractivity contribution in [2.75, 3.05) is 0 Å². The summed E-state index contributed by atoms with van der Waals surface area (Å²) in [5.74, 6) is -1.45. The lowest BCUT2D eigenvalue weighted by molar-refractivity contribution is -0.143. The number of rotatable bonds is 5. The summed E-state index contributed by atoms with van der Waals surface area (Å²) in [6.07, 6.45) is 7.97. The molecule has 132 valence electrons. The highest BCUT2D eigenvalue weighted by Gasteiger charge is 2.30. The van der Waals surface area contributed by atoms with E-state index < -0.39 is 11.9 Å². The van der Waals surface area contributed by atoms with Crippen LogP contribution in [0, 0.1) is 5.92 Å². The Morgan fingerprint density at radius 1 is 1.16 bits per heavy atom. The van der Waals surface area contributed by atoms with E-state index in [9.17, 15) is 14.7 Å². The molecule has 1 amide bonds. The third kappa shape index (κ3) is 4.47. The number of benzene rings is 1. The highest BCUT2D eigenvalue weighted by Crippen LogP contribution is 2.24. The third-order valence-corrected chi connectivity index (χ3v) is 4.70. The van der Waals surface area contributed by atoms with Crippen LogP contribution in [0.25, 0.3) is 5.69 Å². The van der Waals surface area contributed by atoms with Crippen molar-refractivity contribution in [2.45, 2.75) is 44.6 Å². The van der Waals surface area contributed by atoms with Gasteiger partial charge in [-0.2, -0.15) is 5.10 Å². The summed E-state index contributed by atoms with van der Waals surface area (Å²) in [5.41, 5.74) is 1.74. The molecule has 2 atom stereocenters. The Hall–Kier alpha value is -2.63. The maximum absolute atomic E-state index is 12.4. The van der Waals surface area contributed by atoms with Gasteiger partial charge in [0.15, 0.2) is 0 Å². The number of para-hydroxylation sites is 1. The zero-order valence-electron chi connectivity index (χ0n) is 14.1. The number of aliphatic carboxylic acids is 1. The second-order valence-corrected chi connectivity index (χ2v) is 6.56. The Labute approximate surface area is 146 Å². The molecular formula is C19H23N3O3. The molecule has 2 N–H and O–H groups in total. The first-order chi connectivity index (χ1) is 12.1. The fraction of sp³-hybridized carbons (Fsp3) is 0.421. The van der Waals surface area contributed by atoms with Crippen molar-refractivity contribution in [1.82, 2.24) is 15.1 Å². The maximum atomic E-state index is 12.4. The lowest BCUT2D eigenvalue weighted by Gasteiger charge is -2.22. The van der Waals surface area contributed by atoms with Gasteiger partial charge in [-0.1, -0.05) is 37.5 Å². The van der Waals surface area contributed by atoms with E-state index in [1.165, 1.54) is 0 Å². The minimum Gasteiger partial charge on any atom is -0.481 e. The number of aromatic nitrogens is 2. The first-order valence-electron chi connectivity index (χ1n) is 8.74. The number of carboxylic acids is 1. The van der Waals surface area contributed by atoms with Crippen molar-refractivity contribution in [3.63, 3.8) is 0 Å². The Kier molecular flexibility index (Phi) is 5.48.